The van der Waals surface area contributed by atoms with Gasteiger partial charge in [-0.05, 0) is 6.42 Å². The molecule has 1 rings (SSSR count). The lowest BCUT2D eigenvalue weighted by atomic mass is 10.2. The predicted molar refractivity (Wildman–Crippen MR) is 46.2 cm³/mol. The number of anilines is 1. The normalized spacial score (nSPS) is 10.3. The SMILES string of the molecule is CCCCCn1cc(N)cn1. The summed E-state index contributed by atoms with van der Waals surface area (Å²) in [5.74, 6) is 0. The van der Waals surface area contributed by atoms with Crippen molar-refractivity contribution in [3.05, 3.63) is 12.4 Å². The van der Waals surface area contributed by atoms with Gasteiger partial charge in [0, 0.05) is 12.7 Å². The number of unbranched alkanes of at least 4 members (excludes halogenated alkanes) is 2. The molecule has 0 fully saturated rings. The maximum atomic E-state index is 5.50. The molecule has 0 bridgehead atoms. The van der Waals surface area contributed by atoms with Crippen LogP contribution in [0, 0.1) is 0 Å². The van der Waals surface area contributed by atoms with E-state index in [1.165, 1.54) is 19.3 Å². The second kappa shape index (κ2) is 4.01. The zero-order chi connectivity index (χ0) is 8.10. The smallest absolute Gasteiger partial charge is 0.0719 e. The minimum Gasteiger partial charge on any atom is -0.396 e. The fourth-order valence-electron chi connectivity index (χ4n) is 1.03. The highest BCUT2D eigenvalue weighted by Gasteiger charge is 1.92. The van der Waals surface area contributed by atoms with Crippen molar-refractivity contribution in [2.24, 2.45) is 0 Å². The molecule has 3 heteroatoms. The third-order valence-corrected chi connectivity index (χ3v) is 1.64. The largest absolute Gasteiger partial charge is 0.396 e. The fourth-order valence-corrected chi connectivity index (χ4v) is 1.03. The van der Waals surface area contributed by atoms with E-state index in [-0.39, 0.29) is 0 Å². The van der Waals surface area contributed by atoms with Crippen LogP contribution in [0.4, 0.5) is 5.69 Å². The predicted octanol–water partition coefficient (Wildman–Crippen LogP) is 1.66. The third-order valence-electron chi connectivity index (χ3n) is 1.64. The van der Waals surface area contributed by atoms with Gasteiger partial charge in [-0.2, -0.15) is 5.10 Å². The summed E-state index contributed by atoms with van der Waals surface area (Å²) in [6.45, 7) is 3.18. The summed E-state index contributed by atoms with van der Waals surface area (Å²) in [4.78, 5) is 0. The van der Waals surface area contributed by atoms with Crippen molar-refractivity contribution in [3.8, 4) is 0 Å². The molecule has 0 amide bonds. The Hall–Kier alpha value is -0.990. The molecule has 0 saturated heterocycles. The van der Waals surface area contributed by atoms with Crippen LogP contribution in [0.2, 0.25) is 0 Å². The molecular formula is C8H15N3. The van der Waals surface area contributed by atoms with Gasteiger partial charge >= 0.3 is 0 Å². The Morgan fingerprint density at radius 1 is 1.55 bits per heavy atom. The molecule has 1 heterocycles. The van der Waals surface area contributed by atoms with Crippen molar-refractivity contribution in [1.82, 2.24) is 9.78 Å². The molecule has 0 atom stereocenters. The van der Waals surface area contributed by atoms with E-state index in [4.69, 9.17) is 5.73 Å². The van der Waals surface area contributed by atoms with E-state index >= 15 is 0 Å². The zero-order valence-corrected chi connectivity index (χ0v) is 6.95. The Kier molecular flexibility index (Phi) is 2.95. The molecule has 0 spiro atoms. The van der Waals surface area contributed by atoms with Crippen molar-refractivity contribution in [1.29, 1.82) is 0 Å². The number of nitrogens with two attached hydrogens (primary N) is 1. The fraction of sp³-hybridized carbons (Fsp3) is 0.625. The molecule has 0 radical (unpaired) electrons. The molecule has 3 nitrogen and oxygen atoms in total. The van der Waals surface area contributed by atoms with E-state index in [2.05, 4.69) is 12.0 Å². The molecule has 62 valence electrons. The van der Waals surface area contributed by atoms with Gasteiger partial charge < -0.3 is 5.73 Å². The van der Waals surface area contributed by atoms with Crippen LogP contribution in [0.3, 0.4) is 0 Å². The minimum absolute atomic E-state index is 0.751. The lowest BCUT2D eigenvalue weighted by Gasteiger charge is -1.98. The van der Waals surface area contributed by atoms with E-state index in [0.717, 1.165) is 12.2 Å². The Balaban J connectivity index is 2.27. The van der Waals surface area contributed by atoms with Gasteiger partial charge in [0.1, 0.15) is 0 Å². The summed E-state index contributed by atoms with van der Waals surface area (Å²) in [5.41, 5.74) is 6.25. The van der Waals surface area contributed by atoms with Crippen molar-refractivity contribution in [3.63, 3.8) is 0 Å². The van der Waals surface area contributed by atoms with Crippen molar-refractivity contribution in [2.75, 3.05) is 5.73 Å². The summed E-state index contributed by atoms with van der Waals surface area (Å²) < 4.78 is 1.89. The third kappa shape index (κ3) is 2.62. The molecule has 1 aromatic heterocycles. The second-order valence-electron chi connectivity index (χ2n) is 2.74. The van der Waals surface area contributed by atoms with Gasteiger partial charge in [0.2, 0.25) is 0 Å². The molecule has 0 unspecified atom stereocenters. The lowest BCUT2D eigenvalue weighted by Crippen LogP contribution is -1.97. The van der Waals surface area contributed by atoms with Crippen molar-refractivity contribution >= 4 is 5.69 Å². The van der Waals surface area contributed by atoms with E-state index in [0.29, 0.717) is 0 Å². The topological polar surface area (TPSA) is 43.8 Å². The van der Waals surface area contributed by atoms with Crippen LogP contribution in [-0.4, -0.2) is 9.78 Å². The Morgan fingerprint density at radius 2 is 2.36 bits per heavy atom. The molecule has 0 aromatic carbocycles. The number of hydrogen-bond acceptors (Lipinski definition) is 2. The average Bonchev–Trinajstić information content (AvgIpc) is 2.37. The molecule has 0 aliphatic carbocycles. The number of nitrogen functional groups attached to an aromatic ring is 1. The molecule has 0 aliphatic heterocycles. The highest BCUT2D eigenvalue weighted by Crippen LogP contribution is 2.01. The number of aromatic nitrogens is 2. The lowest BCUT2D eigenvalue weighted by molar-refractivity contribution is 0.553. The standard InChI is InChI=1S/C8H15N3/c1-2-3-4-5-11-7-8(9)6-10-11/h6-7H,2-5,9H2,1H3. The zero-order valence-electron chi connectivity index (χ0n) is 6.95. The molecular weight excluding hydrogens is 138 g/mol. The minimum atomic E-state index is 0.751. The summed E-state index contributed by atoms with van der Waals surface area (Å²) in [5, 5.41) is 4.08. The van der Waals surface area contributed by atoms with Crippen LogP contribution in [0.15, 0.2) is 12.4 Å². The van der Waals surface area contributed by atoms with Gasteiger partial charge in [-0.3, -0.25) is 4.68 Å². The van der Waals surface area contributed by atoms with Gasteiger partial charge in [-0.15, -0.1) is 0 Å². The molecule has 11 heavy (non-hydrogen) atoms. The number of nitrogens with zero attached hydrogens (tertiary/aromatic N) is 2. The van der Waals surface area contributed by atoms with Crippen molar-refractivity contribution in [2.45, 2.75) is 32.7 Å². The van der Waals surface area contributed by atoms with E-state index in [1.54, 1.807) is 6.20 Å². The molecule has 2 N–H and O–H groups in total. The van der Waals surface area contributed by atoms with Crippen LogP contribution in [0.1, 0.15) is 26.2 Å². The first-order chi connectivity index (χ1) is 5.33. The van der Waals surface area contributed by atoms with Crippen LogP contribution < -0.4 is 5.73 Å². The highest BCUT2D eigenvalue weighted by molar-refractivity contribution is 5.30. The molecule has 0 saturated carbocycles. The van der Waals surface area contributed by atoms with Gasteiger partial charge in [-0.25, -0.2) is 0 Å². The van der Waals surface area contributed by atoms with E-state index in [1.807, 2.05) is 10.9 Å². The summed E-state index contributed by atoms with van der Waals surface area (Å²) in [6, 6.07) is 0. The Bertz CT molecular complexity index is 205. The maximum absolute atomic E-state index is 5.50. The first kappa shape index (κ1) is 8.11. The van der Waals surface area contributed by atoms with Crippen LogP contribution in [0.25, 0.3) is 0 Å². The van der Waals surface area contributed by atoms with Gasteiger partial charge in [-0.1, -0.05) is 19.8 Å². The number of hydrogen-bond donors (Lipinski definition) is 1. The summed E-state index contributed by atoms with van der Waals surface area (Å²) in [7, 11) is 0. The first-order valence-electron chi connectivity index (χ1n) is 4.11. The van der Waals surface area contributed by atoms with Gasteiger partial charge in [0.05, 0.1) is 11.9 Å². The monoisotopic (exact) mass is 153 g/mol. The van der Waals surface area contributed by atoms with Crippen LogP contribution in [-0.2, 0) is 6.54 Å². The summed E-state index contributed by atoms with van der Waals surface area (Å²) >= 11 is 0. The number of rotatable bonds is 4. The average molecular weight is 153 g/mol. The van der Waals surface area contributed by atoms with Gasteiger partial charge in [0.15, 0.2) is 0 Å². The van der Waals surface area contributed by atoms with E-state index in [9.17, 15) is 0 Å². The Labute approximate surface area is 67.2 Å². The quantitative estimate of drug-likeness (QED) is 0.668. The molecule has 1 aromatic rings. The maximum Gasteiger partial charge on any atom is 0.0719 e. The number of aryl methyl sites for hydroxylation is 1. The summed E-state index contributed by atoms with van der Waals surface area (Å²) in [6.07, 6.45) is 7.26. The Morgan fingerprint density at radius 3 is 2.91 bits per heavy atom. The van der Waals surface area contributed by atoms with E-state index < -0.39 is 0 Å². The molecule has 0 aliphatic rings. The van der Waals surface area contributed by atoms with Crippen molar-refractivity contribution < 1.29 is 0 Å². The first-order valence-corrected chi connectivity index (χ1v) is 4.11. The van der Waals surface area contributed by atoms with Crippen LogP contribution >= 0.6 is 0 Å². The second-order valence-corrected chi connectivity index (χ2v) is 2.74. The van der Waals surface area contributed by atoms with Crippen LogP contribution in [0.5, 0.6) is 0 Å². The van der Waals surface area contributed by atoms with Gasteiger partial charge in [0.25, 0.3) is 0 Å². The highest BCUT2D eigenvalue weighted by atomic mass is 15.3.